The molecular weight excluding hydrogens is 455 g/mol. The number of guanidine groups is 1. The Morgan fingerprint density at radius 1 is 1.30 bits per heavy atom. The molecule has 2 saturated heterocycles. The average molecular weight is 488 g/mol. The summed E-state index contributed by atoms with van der Waals surface area (Å²) in [7, 11) is 5.69. The smallest absolute Gasteiger partial charge is 0.191 e. The van der Waals surface area contributed by atoms with Crippen molar-refractivity contribution in [1.82, 2.24) is 15.5 Å². The number of hydrogen-bond donors (Lipinski definition) is 3. The van der Waals surface area contributed by atoms with E-state index < -0.39 is 0 Å². The highest BCUT2D eigenvalue weighted by atomic mass is 127. The van der Waals surface area contributed by atoms with E-state index in [2.05, 4.69) is 27.6 Å². The molecule has 0 spiro atoms. The second-order valence-electron chi connectivity index (χ2n) is 7.46. The number of benzene rings is 1. The average Bonchev–Trinajstić information content (AvgIpc) is 2.62. The van der Waals surface area contributed by atoms with Crippen molar-refractivity contribution in [3.05, 3.63) is 23.8 Å². The number of nitrogens with one attached hydrogen (secondary N) is 2. The number of ether oxygens (including phenoxy) is 1. The van der Waals surface area contributed by atoms with Crippen molar-refractivity contribution in [2.24, 2.45) is 4.99 Å². The number of nitrogens with zero attached hydrogens (tertiary/aromatic N) is 2. The molecule has 152 valence electrons. The molecule has 0 aliphatic carbocycles. The van der Waals surface area contributed by atoms with Crippen LogP contribution in [0.3, 0.4) is 0 Å². The Morgan fingerprint density at radius 2 is 2.00 bits per heavy atom. The van der Waals surface area contributed by atoms with Gasteiger partial charge in [-0.05, 0) is 50.8 Å². The second-order valence-corrected chi connectivity index (χ2v) is 7.46. The van der Waals surface area contributed by atoms with Gasteiger partial charge in [-0.15, -0.1) is 24.0 Å². The molecule has 0 saturated carbocycles. The van der Waals surface area contributed by atoms with Gasteiger partial charge in [-0.1, -0.05) is 12.5 Å². The van der Waals surface area contributed by atoms with E-state index >= 15 is 0 Å². The summed E-state index contributed by atoms with van der Waals surface area (Å²) in [6.07, 6.45) is 7.10. The lowest BCUT2D eigenvalue weighted by atomic mass is 9.82. The minimum absolute atomic E-state index is 0. The summed E-state index contributed by atoms with van der Waals surface area (Å²) < 4.78 is 5.13. The van der Waals surface area contributed by atoms with Gasteiger partial charge < -0.3 is 25.4 Å². The fraction of sp³-hybridized carbons (Fsp3) is 0.650. The molecular formula is C20H33IN4O2. The van der Waals surface area contributed by atoms with Gasteiger partial charge in [0.05, 0.1) is 7.11 Å². The van der Waals surface area contributed by atoms with E-state index in [1.54, 1.807) is 13.2 Å². The first-order valence-electron chi connectivity index (χ1n) is 9.65. The molecule has 0 amide bonds. The number of aliphatic imine (C=N–C) groups is 1. The molecule has 2 heterocycles. The van der Waals surface area contributed by atoms with Crippen molar-refractivity contribution in [2.45, 2.75) is 56.7 Å². The Hall–Kier alpha value is -1.22. The summed E-state index contributed by atoms with van der Waals surface area (Å²) >= 11 is 0. The summed E-state index contributed by atoms with van der Waals surface area (Å²) in [5.74, 6) is 1.80. The van der Waals surface area contributed by atoms with E-state index in [4.69, 9.17) is 4.74 Å². The monoisotopic (exact) mass is 488 g/mol. The van der Waals surface area contributed by atoms with Crippen LogP contribution in [0.1, 0.15) is 37.7 Å². The minimum Gasteiger partial charge on any atom is -0.508 e. The van der Waals surface area contributed by atoms with Crippen molar-refractivity contribution in [2.75, 3.05) is 27.7 Å². The summed E-state index contributed by atoms with van der Waals surface area (Å²) in [6.45, 7) is 0.721. The molecule has 0 aromatic heterocycles. The Balaban J connectivity index is 0.00000261. The Labute approximate surface area is 179 Å². The largest absolute Gasteiger partial charge is 0.508 e. The highest BCUT2D eigenvalue weighted by molar-refractivity contribution is 14.0. The van der Waals surface area contributed by atoms with Crippen LogP contribution in [0.25, 0.3) is 0 Å². The number of hydrogen-bond acceptors (Lipinski definition) is 4. The number of aromatic hydroxyl groups is 1. The van der Waals surface area contributed by atoms with Crippen molar-refractivity contribution in [3.8, 4) is 11.5 Å². The zero-order chi connectivity index (χ0) is 18.5. The van der Waals surface area contributed by atoms with Crippen LogP contribution in [0.4, 0.5) is 0 Å². The molecule has 2 bridgehead atoms. The summed E-state index contributed by atoms with van der Waals surface area (Å²) in [5, 5.41) is 17.0. The fourth-order valence-corrected chi connectivity index (χ4v) is 4.32. The van der Waals surface area contributed by atoms with Gasteiger partial charge in [-0.2, -0.15) is 0 Å². The third kappa shape index (κ3) is 5.63. The van der Waals surface area contributed by atoms with Crippen LogP contribution in [0.5, 0.6) is 11.5 Å². The van der Waals surface area contributed by atoms with E-state index in [9.17, 15) is 5.11 Å². The van der Waals surface area contributed by atoms with Crippen LogP contribution in [0, 0.1) is 0 Å². The van der Waals surface area contributed by atoms with Gasteiger partial charge >= 0.3 is 0 Å². The number of fused-ring (bicyclic) bond motifs is 2. The third-order valence-corrected chi connectivity index (χ3v) is 5.88. The van der Waals surface area contributed by atoms with Crippen molar-refractivity contribution in [1.29, 1.82) is 0 Å². The fourth-order valence-electron chi connectivity index (χ4n) is 4.32. The highest BCUT2D eigenvalue weighted by Gasteiger charge is 2.36. The Bertz CT molecular complexity index is 626. The topological polar surface area (TPSA) is 69.1 Å². The summed E-state index contributed by atoms with van der Waals surface area (Å²) in [5.41, 5.74) is 0.905. The summed E-state index contributed by atoms with van der Waals surface area (Å²) in [4.78, 5) is 6.95. The Morgan fingerprint density at radius 3 is 2.59 bits per heavy atom. The predicted octanol–water partition coefficient (Wildman–Crippen LogP) is 2.74. The zero-order valence-corrected chi connectivity index (χ0v) is 18.9. The third-order valence-electron chi connectivity index (χ3n) is 5.88. The highest BCUT2D eigenvalue weighted by Crippen LogP contribution is 2.32. The molecule has 3 N–H and O–H groups in total. The second kappa shape index (κ2) is 10.4. The first-order chi connectivity index (χ1) is 12.6. The van der Waals surface area contributed by atoms with Crippen molar-refractivity contribution in [3.63, 3.8) is 0 Å². The summed E-state index contributed by atoms with van der Waals surface area (Å²) in [6, 6.07) is 7.33. The molecule has 2 atom stereocenters. The molecule has 3 rings (SSSR count). The molecule has 2 fully saturated rings. The molecule has 2 aliphatic heterocycles. The normalized spacial score (nSPS) is 25.4. The predicted molar refractivity (Wildman–Crippen MR) is 120 cm³/mol. The van der Waals surface area contributed by atoms with Crippen LogP contribution in [-0.4, -0.2) is 61.8 Å². The number of methoxy groups -OCH3 is 1. The van der Waals surface area contributed by atoms with Gasteiger partial charge in [0.1, 0.15) is 11.5 Å². The molecule has 2 unspecified atom stereocenters. The number of phenolic OH excluding ortho intramolecular Hbond substituents is 1. The number of rotatable bonds is 5. The SMILES string of the molecule is CN=C(NCCc1ccc(OC)cc1O)NC1CC2CCCC(C1)N2C.I. The number of halogens is 1. The van der Waals surface area contributed by atoms with E-state index in [0.717, 1.165) is 24.5 Å². The van der Waals surface area contributed by atoms with E-state index in [1.807, 2.05) is 19.2 Å². The van der Waals surface area contributed by atoms with Gasteiger partial charge in [-0.3, -0.25) is 4.99 Å². The molecule has 7 heteroatoms. The number of phenols is 1. The maximum Gasteiger partial charge on any atom is 0.191 e. The first-order valence-corrected chi connectivity index (χ1v) is 9.65. The molecule has 2 aliphatic rings. The van der Waals surface area contributed by atoms with Gasteiger partial charge in [-0.25, -0.2) is 0 Å². The number of piperidine rings is 2. The van der Waals surface area contributed by atoms with Crippen molar-refractivity contribution >= 4 is 29.9 Å². The van der Waals surface area contributed by atoms with Crippen LogP contribution in [-0.2, 0) is 6.42 Å². The molecule has 1 aromatic rings. The maximum absolute atomic E-state index is 10.1. The Kier molecular flexibility index (Phi) is 8.47. The standard InChI is InChI=1S/C20H32N4O2.HI/c1-21-20(22-10-9-14-7-8-18(26-3)13-19(14)25)23-15-11-16-5-4-6-17(12-15)24(16)2;/h7-8,13,15-17,25H,4-6,9-12H2,1-3H3,(H2,21,22,23);1H. The molecule has 1 aromatic carbocycles. The zero-order valence-electron chi connectivity index (χ0n) is 16.6. The van der Waals surface area contributed by atoms with Crippen LogP contribution in [0.15, 0.2) is 23.2 Å². The molecule has 6 nitrogen and oxygen atoms in total. The van der Waals surface area contributed by atoms with E-state index in [1.165, 1.54) is 32.1 Å². The van der Waals surface area contributed by atoms with E-state index in [0.29, 0.717) is 23.9 Å². The van der Waals surface area contributed by atoms with Gasteiger partial charge in [0.25, 0.3) is 0 Å². The van der Waals surface area contributed by atoms with Gasteiger partial charge in [0.2, 0.25) is 0 Å². The van der Waals surface area contributed by atoms with Gasteiger partial charge in [0, 0.05) is 37.8 Å². The lowest BCUT2D eigenvalue weighted by Gasteiger charge is -2.47. The van der Waals surface area contributed by atoms with Gasteiger partial charge in [0.15, 0.2) is 5.96 Å². The van der Waals surface area contributed by atoms with Crippen LogP contribution < -0.4 is 15.4 Å². The van der Waals surface area contributed by atoms with Crippen LogP contribution in [0.2, 0.25) is 0 Å². The lowest BCUT2D eigenvalue weighted by Crippen LogP contribution is -2.56. The lowest BCUT2D eigenvalue weighted by molar-refractivity contribution is 0.0526. The van der Waals surface area contributed by atoms with Crippen molar-refractivity contribution < 1.29 is 9.84 Å². The maximum atomic E-state index is 10.1. The minimum atomic E-state index is 0. The van der Waals surface area contributed by atoms with Crippen LogP contribution >= 0.6 is 24.0 Å². The molecule has 0 radical (unpaired) electrons. The van der Waals surface area contributed by atoms with E-state index in [-0.39, 0.29) is 29.7 Å². The molecule has 27 heavy (non-hydrogen) atoms. The first kappa shape index (κ1) is 22.1. The quantitative estimate of drug-likeness (QED) is 0.338.